The van der Waals surface area contributed by atoms with E-state index in [1.165, 1.54) is 11.3 Å². The molecule has 0 bridgehead atoms. The van der Waals surface area contributed by atoms with Crippen LogP contribution in [0.5, 0.6) is 0 Å². The molecule has 0 saturated heterocycles. The minimum absolute atomic E-state index is 0.256. The third-order valence-corrected chi connectivity index (χ3v) is 2.75. The van der Waals surface area contributed by atoms with E-state index in [2.05, 4.69) is 5.32 Å². The van der Waals surface area contributed by atoms with E-state index in [1.807, 2.05) is 0 Å². The molecule has 0 aliphatic rings. The van der Waals surface area contributed by atoms with Crippen LogP contribution < -0.4 is 11.1 Å². The zero-order valence-corrected chi connectivity index (χ0v) is 8.84. The first-order valence-corrected chi connectivity index (χ1v) is 5.28. The van der Waals surface area contributed by atoms with Gasteiger partial charge in [-0.25, -0.2) is 4.79 Å². The Bertz CT molecular complexity index is 362. The van der Waals surface area contributed by atoms with Crippen LogP contribution in [-0.2, 0) is 11.3 Å². The molecule has 4 N–H and O–H groups in total. The summed E-state index contributed by atoms with van der Waals surface area (Å²) in [6.45, 7) is 0.905. The van der Waals surface area contributed by atoms with Crippen LogP contribution in [0.15, 0.2) is 11.4 Å². The fourth-order valence-electron chi connectivity index (χ4n) is 1.10. The molecule has 0 aromatic carbocycles. The molecule has 0 unspecified atom stereocenters. The number of carbonyl (C=O) groups is 2. The highest BCUT2D eigenvalue weighted by Crippen LogP contribution is 2.16. The Hall–Kier alpha value is -1.40. The standard InChI is InChI=1S/C9H12N2O3S/c10-7(12)1-3-11-5-6-2-4-15-8(6)9(13)14/h2,4,11H,1,3,5H2,(H2,10,12)(H,13,14). The third kappa shape index (κ3) is 3.69. The van der Waals surface area contributed by atoms with E-state index in [0.717, 1.165) is 5.56 Å². The molecule has 0 spiro atoms. The number of carboxylic acids is 1. The number of hydrogen-bond donors (Lipinski definition) is 3. The average molecular weight is 228 g/mol. The van der Waals surface area contributed by atoms with Gasteiger partial charge >= 0.3 is 5.97 Å². The van der Waals surface area contributed by atoms with Gasteiger partial charge in [0.2, 0.25) is 5.91 Å². The van der Waals surface area contributed by atoms with Gasteiger partial charge in [-0.05, 0) is 17.0 Å². The maximum absolute atomic E-state index is 10.7. The second-order valence-electron chi connectivity index (χ2n) is 2.97. The van der Waals surface area contributed by atoms with Gasteiger partial charge < -0.3 is 16.2 Å². The maximum Gasteiger partial charge on any atom is 0.346 e. The minimum Gasteiger partial charge on any atom is -0.477 e. The van der Waals surface area contributed by atoms with Crippen molar-refractivity contribution in [3.63, 3.8) is 0 Å². The van der Waals surface area contributed by atoms with E-state index >= 15 is 0 Å². The molecule has 6 heteroatoms. The molecule has 0 fully saturated rings. The van der Waals surface area contributed by atoms with E-state index in [9.17, 15) is 9.59 Å². The summed E-state index contributed by atoms with van der Waals surface area (Å²) >= 11 is 1.19. The SMILES string of the molecule is NC(=O)CCNCc1ccsc1C(=O)O. The molecule has 0 aliphatic heterocycles. The van der Waals surface area contributed by atoms with Crippen molar-refractivity contribution < 1.29 is 14.7 Å². The van der Waals surface area contributed by atoms with Crippen molar-refractivity contribution in [3.05, 3.63) is 21.9 Å². The Labute approximate surface area is 90.9 Å². The lowest BCUT2D eigenvalue weighted by Crippen LogP contribution is -2.22. The number of aromatic carboxylic acids is 1. The molecule has 0 aliphatic carbocycles. The summed E-state index contributed by atoms with van der Waals surface area (Å²) in [5, 5.41) is 13.5. The second-order valence-corrected chi connectivity index (χ2v) is 3.89. The van der Waals surface area contributed by atoms with Crippen molar-refractivity contribution in [2.24, 2.45) is 5.73 Å². The van der Waals surface area contributed by atoms with E-state index in [1.54, 1.807) is 11.4 Å². The highest BCUT2D eigenvalue weighted by Gasteiger charge is 2.10. The molecule has 1 rings (SSSR count). The molecule has 82 valence electrons. The molecule has 1 aromatic heterocycles. The number of nitrogens with two attached hydrogens (primary N) is 1. The highest BCUT2D eigenvalue weighted by molar-refractivity contribution is 7.12. The Kier molecular flexibility index (Phi) is 4.26. The largest absolute Gasteiger partial charge is 0.477 e. The Morgan fingerprint density at radius 3 is 2.87 bits per heavy atom. The number of primary amides is 1. The first-order valence-electron chi connectivity index (χ1n) is 4.40. The fourth-order valence-corrected chi connectivity index (χ4v) is 1.86. The molecule has 1 amide bonds. The van der Waals surface area contributed by atoms with Gasteiger partial charge in [-0.15, -0.1) is 11.3 Å². The summed E-state index contributed by atoms with van der Waals surface area (Å²) in [5.74, 6) is -1.29. The van der Waals surface area contributed by atoms with Crippen molar-refractivity contribution in [2.45, 2.75) is 13.0 Å². The smallest absolute Gasteiger partial charge is 0.346 e. The van der Waals surface area contributed by atoms with Gasteiger partial charge in [0.1, 0.15) is 4.88 Å². The van der Waals surface area contributed by atoms with Gasteiger partial charge in [0.25, 0.3) is 0 Å². The predicted octanol–water partition coefficient (Wildman–Crippen LogP) is 0.411. The number of thiophene rings is 1. The summed E-state index contributed by atoms with van der Waals surface area (Å²) in [5.41, 5.74) is 5.69. The number of carbonyl (C=O) groups excluding carboxylic acids is 1. The lowest BCUT2D eigenvalue weighted by molar-refractivity contribution is -0.117. The summed E-state index contributed by atoms with van der Waals surface area (Å²) < 4.78 is 0. The summed E-state index contributed by atoms with van der Waals surface area (Å²) in [6, 6.07) is 1.76. The molecular weight excluding hydrogens is 216 g/mol. The quantitative estimate of drug-likeness (QED) is 0.615. The molecular formula is C9H12N2O3S. The number of carboxylic acid groups (broad SMARTS) is 1. The van der Waals surface area contributed by atoms with Crippen molar-refractivity contribution in [3.8, 4) is 0 Å². The van der Waals surface area contributed by atoms with Crippen LogP contribution in [0.25, 0.3) is 0 Å². The Morgan fingerprint density at radius 1 is 1.53 bits per heavy atom. The first-order chi connectivity index (χ1) is 7.11. The fraction of sp³-hybridized carbons (Fsp3) is 0.333. The summed E-state index contributed by atoms with van der Waals surface area (Å²) in [4.78, 5) is 21.5. The first kappa shape index (κ1) is 11.7. The molecule has 1 heterocycles. The van der Waals surface area contributed by atoms with Crippen LogP contribution in [0.1, 0.15) is 21.7 Å². The van der Waals surface area contributed by atoms with Gasteiger partial charge in [0, 0.05) is 19.5 Å². The topological polar surface area (TPSA) is 92.4 Å². The Morgan fingerprint density at radius 2 is 2.27 bits per heavy atom. The molecule has 5 nitrogen and oxygen atoms in total. The normalized spacial score (nSPS) is 10.1. The molecule has 0 radical (unpaired) electrons. The zero-order chi connectivity index (χ0) is 11.3. The van der Waals surface area contributed by atoms with Crippen LogP contribution in [0.2, 0.25) is 0 Å². The van der Waals surface area contributed by atoms with Crippen LogP contribution in [0.4, 0.5) is 0 Å². The van der Waals surface area contributed by atoms with Gasteiger partial charge in [0.05, 0.1) is 0 Å². The minimum atomic E-state index is -0.920. The maximum atomic E-state index is 10.7. The van der Waals surface area contributed by atoms with Crippen molar-refractivity contribution in [1.29, 1.82) is 0 Å². The van der Waals surface area contributed by atoms with E-state index < -0.39 is 5.97 Å². The van der Waals surface area contributed by atoms with Gasteiger partial charge in [-0.2, -0.15) is 0 Å². The van der Waals surface area contributed by atoms with Crippen LogP contribution in [-0.4, -0.2) is 23.5 Å². The van der Waals surface area contributed by atoms with Crippen molar-refractivity contribution >= 4 is 23.2 Å². The summed E-state index contributed by atoms with van der Waals surface area (Å²) in [7, 11) is 0. The number of nitrogens with one attached hydrogen (secondary N) is 1. The zero-order valence-electron chi connectivity index (χ0n) is 8.03. The molecule has 1 aromatic rings. The number of hydrogen-bond acceptors (Lipinski definition) is 4. The predicted molar refractivity (Wildman–Crippen MR) is 56.8 cm³/mol. The van der Waals surface area contributed by atoms with Gasteiger partial charge in [-0.3, -0.25) is 4.79 Å². The highest BCUT2D eigenvalue weighted by atomic mass is 32.1. The molecule has 0 atom stereocenters. The number of rotatable bonds is 6. The molecule has 15 heavy (non-hydrogen) atoms. The monoisotopic (exact) mass is 228 g/mol. The van der Waals surface area contributed by atoms with Crippen molar-refractivity contribution in [1.82, 2.24) is 5.32 Å². The Balaban J connectivity index is 2.40. The molecule has 0 saturated carbocycles. The lowest BCUT2D eigenvalue weighted by Gasteiger charge is -2.02. The average Bonchev–Trinajstić information content (AvgIpc) is 2.60. The van der Waals surface area contributed by atoms with Crippen LogP contribution >= 0.6 is 11.3 Å². The van der Waals surface area contributed by atoms with Gasteiger partial charge in [0.15, 0.2) is 0 Å². The number of amides is 1. The van der Waals surface area contributed by atoms with Gasteiger partial charge in [-0.1, -0.05) is 0 Å². The summed E-state index contributed by atoms with van der Waals surface area (Å²) in [6.07, 6.45) is 0.256. The van der Waals surface area contributed by atoms with Crippen LogP contribution in [0.3, 0.4) is 0 Å². The second kappa shape index (κ2) is 5.47. The third-order valence-electron chi connectivity index (χ3n) is 1.80. The van der Waals surface area contributed by atoms with Crippen molar-refractivity contribution in [2.75, 3.05) is 6.54 Å². The van der Waals surface area contributed by atoms with E-state index in [-0.39, 0.29) is 12.3 Å². The lowest BCUT2D eigenvalue weighted by atomic mass is 10.2. The van der Waals surface area contributed by atoms with E-state index in [0.29, 0.717) is 18.0 Å². The van der Waals surface area contributed by atoms with Crippen LogP contribution in [0, 0.1) is 0 Å². The van der Waals surface area contributed by atoms with E-state index in [4.69, 9.17) is 10.8 Å².